The average molecular weight is 518 g/mol. The molecule has 1 aliphatic heterocycles. The monoisotopic (exact) mass is 518 g/mol. The Hall–Kier alpha value is -1.78. The summed E-state index contributed by atoms with van der Waals surface area (Å²) >= 11 is 0. The van der Waals surface area contributed by atoms with Crippen LogP contribution in [0.5, 0.6) is 0 Å². The Bertz CT molecular complexity index is 959. The molecule has 32 heavy (non-hydrogen) atoms. The molecular formula is C15H16F6O9S2. The molecule has 6 unspecified atom stereocenters. The molecule has 3 rings (SSSR count). The molecule has 17 heteroatoms. The van der Waals surface area contributed by atoms with E-state index in [0.29, 0.717) is 19.8 Å². The summed E-state index contributed by atoms with van der Waals surface area (Å²) < 4.78 is 134. The van der Waals surface area contributed by atoms with Crippen molar-refractivity contribution in [2.75, 3.05) is 0 Å². The van der Waals surface area contributed by atoms with Crippen molar-refractivity contribution >= 4 is 31.8 Å². The minimum atomic E-state index is -6.85. The summed E-state index contributed by atoms with van der Waals surface area (Å²) in [7, 11) is -13.7. The number of hydrogen-bond donors (Lipinski definition) is 0. The van der Waals surface area contributed by atoms with Gasteiger partial charge in [0.25, 0.3) is 19.7 Å². The van der Waals surface area contributed by atoms with Gasteiger partial charge in [-0.3, -0.25) is 4.79 Å². The zero-order valence-corrected chi connectivity index (χ0v) is 17.6. The Balaban J connectivity index is 1.71. The van der Waals surface area contributed by atoms with Crippen molar-refractivity contribution in [2.24, 2.45) is 17.8 Å². The molecule has 184 valence electrons. The quantitative estimate of drug-likeness (QED) is 0.383. The van der Waals surface area contributed by atoms with Gasteiger partial charge in [0.1, 0.15) is 18.3 Å². The van der Waals surface area contributed by atoms with Crippen molar-refractivity contribution in [2.45, 2.75) is 60.1 Å². The van der Waals surface area contributed by atoms with Crippen molar-refractivity contribution in [3.63, 3.8) is 0 Å². The second-order valence-corrected chi connectivity index (χ2v) is 12.4. The van der Waals surface area contributed by atoms with Gasteiger partial charge in [0.15, 0.2) is 4.58 Å². The van der Waals surface area contributed by atoms with Crippen LogP contribution in [0.15, 0.2) is 0 Å². The largest absolute Gasteiger partial charge is 0.508 e. The number of carbonyl (C=O) groups is 2. The molecule has 3 aliphatic rings. The van der Waals surface area contributed by atoms with E-state index in [-0.39, 0.29) is 17.8 Å². The van der Waals surface area contributed by atoms with Gasteiger partial charge < -0.3 is 14.2 Å². The standard InChI is InChI=1S/C15H16F6O9S2/c1-5(2-9(31(24,25)14(16,17)18)32(26,27)15(19,20)21)28-13(23)30-10-6-3-7-8(4-6)12(22)29-11(7)10/h5-11H,2-4H2,1H3. The first-order valence-electron chi connectivity index (χ1n) is 9.06. The lowest BCUT2D eigenvalue weighted by Crippen LogP contribution is -2.46. The number of rotatable bonds is 6. The molecular weight excluding hydrogens is 502 g/mol. The van der Waals surface area contributed by atoms with Crippen molar-refractivity contribution in [1.82, 2.24) is 0 Å². The van der Waals surface area contributed by atoms with E-state index in [1.807, 2.05) is 0 Å². The maximum atomic E-state index is 12.8. The lowest BCUT2D eigenvalue weighted by molar-refractivity contribution is -0.146. The van der Waals surface area contributed by atoms with Crippen LogP contribution in [0.3, 0.4) is 0 Å². The van der Waals surface area contributed by atoms with Crippen molar-refractivity contribution < 1.29 is 67.0 Å². The number of ether oxygens (including phenoxy) is 3. The van der Waals surface area contributed by atoms with Gasteiger partial charge in [-0.2, -0.15) is 26.3 Å². The number of halogens is 6. The topological polar surface area (TPSA) is 130 Å². The van der Waals surface area contributed by atoms with E-state index in [1.54, 1.807) is 0 Å². The van der Waals surface area contributed by atoms with Gasteiger partial charge in [0.05, 0.1) is 5.92 Å². The highest BCUT2D eigenvalue weighted by Gasteiger charge is 2.64. The summed E-state index contributed by atoms with van der Waals surface area (Å²) in [5.41, 5.74) is -12.6. The van der Waals surface area contributed by atoms with Crippen LogP contribution in [0.2, 0.25) is 0 Å². The lowest BCUT2D eigenvalue weighted by atomic mass is 9.88. The number of carbonyl (C=O) groups excluding carboxylic acids is 2. The van der Waals surface area contributed by atoms with E-state index >= 15 is 0 Å². The summed E-state index contributed by atoms with van der Waals surface area (Å²) in [4.78, 5) is 23.7. The minimum Gasteiger partial charge on any atom is -0.458 e. The Kier molecular flexibility index (Phi) is 5.93. The van der Waals surface area contributed by atoms with Gasteiger partial charge in [0.2, 0.25) is 0 Å². The molecule has 2 aliphatic carbocycles. The second-order valence-electron chi connectivity index (χ2n) is 7.81. The Morgan fingerprint density at radius 1 is 1.06 bits per heavy atom. The Labute approximate surface area is 177 Å². The van der Waals surface area contributed by atoms with Crippen LogP contribution in [-0.4, -0.2) is 62.9 Å². The number of esters is 1. The molecule has 1 saturated heterocycles. The molecule has 6 atom stereocenters. The zero-order chi connectivity index (χ0) is 24.4. The molecule has 0 amide bonds. The van der Waals surface area contributed by atoms with E-state index in [1.165, 1.54) is 0 Å². The summed E-state index contributed by atoms with van der Waals surface area (Å²) in [6, 6.07) is 0. The molecule has 2 bridgehead atoms. The maximum Gasteiger partial charge on any atom is 0.508 e. The fourth-order valence-corrected chi connectivity index (χ4v) is 8.04. The molecule has 0 aromatic heterocycles. The smallest absolute Gasteiger partial charge is 0.458 e. The lowest BCUT2D eigenvalue weighted by Gasteiger charge is -2.26. The third-order valence-electron chi connectivity index (χ3n) is 5.81. The van der Waals surface area contributed by atoms with Crippen LogP contribution in [0.1, 0.15) is 26.2 Å². The predicted molar refractivity (Wildman–Crippen MR) is 88.8 cm³/mol. The highest BCUT2D eigenvalue weighted by molar-refractivity contribution is 8.09. The molecule has 9 nitrogen and oxygen atoms in total. The van der Waals surface area contributed by atoms with Crippen molar-refractivity contribution in [3.05, 3.63) is 0 Å². The predicted octanol–water partition coefficient (Wildman–Crippen LogP) is 2.06. The van der Waals surface area contributed by atoms with Crippen molar-refractivity contribution in [1.29, 1.82) is 0 Å². The van der Waals surface area contributed by atoms with Gasteiger partial charge in [-0.25, -0.2) is 21.6 Å². The van der Waals surface area contributed by atoms with Gasteiger partial charge >= 0.3 is 23.1 Å². The minimum absolute atomic E-state index is 0.194. The van der Waals surface area contributed by atoms with Crippen LogP contribution >= 0.6 is 0 Å². The number of fused-ring (bicyclic) bond motifs is 1. The molecule has 3 fully saturated rings. The van der Waals surface area contributed by atoms with Gasteiger partial charge in [0, 0.05) is 18.3 Å². The Morgan fingerprint density at radius 3 is 2.09 bits per heavy atom. The van der Waals surface area contributed by atoms with E-state index < -0.39 is 72.1 Å². The van der Waals surface area contributed by atoms with Gasteiger partial charge in [-0.05, 0) is 19.8 Å². The molecule has 0 aromatic carbocycles. The van der Waals surface area contributed by atoms with E-state index in [0.717, 1.165) is 0 Å². The summed E-state index contributed by atoms with van der Waals surface area (Å²) in [6.45, 7) is 0.707. The zero-order valence-electron chi connectivity index (χ0n) is 15.9. The first-order chi connectivity index (χ1) is 14.4. The van der Waals surface area contributed by atoms with Crippen molar-refractivity contribution in [3.8, 4) is 0 Å². The molecule has 0 N–H and O–H groups in total. The fraction of sp³-hybridized carbons (Fsp3) is 0.867. The summed E-state index contributed by atoms with van der Waals surface area (Å²) in [6.07, 6.45) is -6.31. The normalized spacial score (nSPS) is 31.0. The van der Waals surface area contributed by atoms with E-state index in [9.17, 15) is 52.8 Å². The SMILES string of the molecule is CC(CC(S(=O)(=O)C(F)(F)F)S(=O)(=O)C(F)(F)F)OC(=O)OC1C2CC3C(=O)OC1C3C2. The van der Waals surface area contributed by atoms with Crippen LogP contribution in [0, 0.1) is 17.8 Å². The number of hydrogen-bond acceptors (Lipinski definition) is 9. The summed E-state index contributed by atoms with van der Waals surface area (Å²) in [5, 5.41) is 0. The number of sulfone groups is 2. The highest BCUT2D eigenvalue weighted by Crippen LogP contribution is 2.55. The third kappa shape index (κ3) is 4.01. The molecule has 0 spiro atoms. The van der Waals surface area contributed by atoms with Gasteiger partial charge in [-0.15, -0.1) is 0 Å². The highest BCUT2D eigenvalue weighted by atomic mass is 32.3. The molecule has 0 radical (unpaired) electrons. The second kappa shape index (κ2) is 7.63. The maximum absolute atomic E-state index is 12.8. The Morgan fingerprint density at radius 2 is 1.59 bits per heavy atom. The third-order valence-corrected chi connectivity index (χ3v) is 10.4. The van der Waals surface area contributed by atoms with E-state index in [4.69, 9.17) is 9.47 Å². The first-order valence-corrected chi connectivity index (χ1v) is 12.1. The fourth-order valence-electron chi connectivity index (χ4n) is 4.41. The van der Waals surface area contributed by atoms with Crippen LogP contribution in [0.4, 0.5) is 31.1 Å². The average Bonchev–Trinajstić information content (AvgIpc) is 3.22. The van der Waals surface area contributed by atoms with Gasteiger partial charge in [-0.1, -0.05) is 0 Å². The van der Waals surface area contributed by atoms with Crippen LogP contribution in [-0.2, 0) is 38.7 Å². The van der Waals surface area contributed by atoms with Crippen LogP contribution in [0.25, 0.3) is 0 Å². The molecule has 2 saturated carbocycles. The number of alkyl halides is 6. The molecule has 1 heterocycles. The van der Waals surface area contributed by atoms with Crippen LogP contribution < -0.4 is 0 Å². The van der Waals surface area contributed by atoms with E-state index in [2.05, 4.69) is 4.74 Å². The first kappa shape index (κ1) is 24.9. The summed E-state index contributed by atoms with van der Waals surface area (Å²) in [5.74, 6) is -1.26. The molecule has 0 aromatic rings.